The Morgan fingerprint density at radius 1 is 1.07 bits per heavy atom. The molecule has 0 aromatic heterocycles. The summed E-state index contributed by atoms with van der Waals surface area (Å²) < 4.78 is 51.6. The lowest BCUT2D eigenvalue weighted by Gasteiger charge is -2.27. The molecule has 0 bridgehead atoms. The molecule has 1 N–H and O–H groups in total. The molecule has 0 aliphatic heterocycles. The molecule has 10 heteroatoms. The molecular formula is C20H26FN3O5S. The molecule has 2 aromatic rings. The zero-order chi connectivity index (χ0) is 22.3. The monoisotopic (exact) mass is 439 g/mol. The summed E-state index contributed by atoms with van der Waals surface area (Å²) in [6.07, 6.45) is 0.492. The highest BCUT2D eigenvalue weighted by atomic mass is 32.2. The summed E-state index contributed by atoms with van der Waals surface area (Å²) >= 11 is 0. The zero-order valence-corrected chi connectivity index (χ0v) is 18.2. The van der Waals surface area contributed by atoms with Crippen LogP contribution in [0, 0.1) is 5.82 Å². The van der Waals surface area contributed by atoms with Crippen LogP contribution in [0.15, 0.2) is 42.5 Å². The third-order valence-electron chi connectivity index (χ3n) is 4.33. The zero-order valence-electron chi connectivity index (χ0n) is 17.4. The predicted octanol–water partition coefficient (Wildman–Crippen LogP) is 1.81. The molecule has 0 heterocycles. The maximum atomic E-state index is 14.2. The average molecular weight is 440 g/mol. The Kier molecular flexibility index (Phi) is 8.01. The van der Waals surface area contributed by atoms with Gasteiger partial charge in [-0.15, -0.1) is 0 Å². The standard InChI is InChI=1S/C20H26FN3O5S/c1-23(2)30(26,27)24(17-8-6-5-7-16(17)21)14-20(25)22-12-11-15-9-10-18(28-3)19(13-15)29-4/h5-10,13H,11-12,14H2,1-4H3,(H,22,25). The van der Waals surface area contributed by atoms with Gasteiger partial charge in [0, 0.05) is 20.6 Å². The fourth-order valence-corrected chi connectivity index (χ4v) is 3.78. The van der Waals surface area contributed by atoms with E-state index >= 15 is 0 Å². The minimum absolute atomic E-state index is 0.193. The molecule has 1 amide bonds. The Hall–Kier alpha value is -2.85. The van der Waals surface area contributed by atoms with Gasteiger partial charge in [0.2, 0.25) is 5.91 Å². The average Bonchev–Trinajstić information content (AvgIpc) is 2.72. The molecule has 30 heavy (non-hydrogen) atoms. The van der Waals surface area contributed by atoms with Crippen molar-refractivity contribution in [1.82, 2.24) is 9.62 Å². The van der Waals surface area contributed by atoms with Gasteiger partial charge in [0.25, 0.3) is 0 Å². The summed E-state index contributed by atoms with van der Waals surface area (Å²) in [7, 11) is 1.64. The van der Waals surface area contributed by atoms with Crippen LogP contribution in [0.5, 0.6) is 11.5 Å². The number of halogens is 1. The Balaban J connectivity index is 2.07. The number of hydrogen-bond donors (Lipinski definition) is 1. The molecule has 0 aliphatic carbocycles. The number of amides is 1. The van der Waals surface area contributed by atoms with E-state index < -0.39 is 28.5 Å². The highest BCUT2D eigenvalue weighted by molar-refractivity contribution is 7.90. The maximum Gasteiger partial charge on any atom is 0.304 e. The van der Waals surface area contributed by atoms with E-state index in [-0.39, 0.29) is 12.2 Å². The summed E-state index contributed by atoms with van der Waals surface area (Å²) in [5, 5.41) is 2.67. The van der Waals surface area contributed by atoms with Gasteiger partial charge in [0.05, 0.1) is 19.9 Å². The first kappa shape index (κ1) is 23.4. The summed E-state index contributed by atoms with van der Waals surface area (Å²) in [6.45, 7) is -0.283. The second kappa shape index (κ2) is 10.3. The molecule has 0 unspecified atom stereocenters. The fourth-order valence-electron chi connectivity index (χ4n) is 2.71. The Labute approximate surface area is 176 Å². The maximum absolute atomic E-state index is 14.2. The lowest BCUT2D eigenvalue weighted by molar-refractivity contribution is -0.119. The number of ether oxygens (including phenoxy) is 2. The molecule has 0 fully saturated rings. The molecular weight excluding hydrogens is 413 g/mol. The van der Waals surface area contributed by atoms with Crippen molar-refractivity contribution in [3.8, 4) is 11.5 Å². The van der Waals surface area contributed by atoms with E-state index in [1.54, 1.807) is 19.2 Å². The lowest BCUT2D eigenvalue weighted by Crippen LogP contribution is -2.46. The first-order chi connectivity index (χ1) is 14.2. The molecule has 164 valence electrons. The van der Waals surface area contributed by atoms with Crippen molar-refractivity contribution in [2.24, 2.45) is 0 Å². The molecule has 8 nitrogen and oxygen atoms in total. The Morgan fingerprint density at radius 3 is 2.33 bits per heavy atom. The largest absolute Gasteiger partial charge is 0.493 e. The Bertz CT molecular complexity index is 982. The molecule has 2 aromatic carbocycles. The highest BCUT2D eigenvalue weighted by Gasteiger charge is 2.29. The van der Waals surface area contributed by atoms with Crippen molar-refractivity contribution in [2.45, 2.75) is 6.42 Å². The van der Waals surface area contributed by atoms with Crippen LogP contribution >= 0.6 is 0 Å². The van der Waals surface area contributed by atoms with Crippen molar-refractivity contribution < 1.29 is 27.1 Å². The number of methoxy groups -OCH3 is 2. The number of nitrogens with zero attached hydrogens (tertiary/aromatic N) is 2. The summed E-state index contributed by atoms with van der Waals surface area (Å²) in [5.74, 6) is -0.117. The van der Waals surface area contributed by atoms with Gasteiger partial charge in [-0.3, -0.25) is 4.79 Å². The quantitative estimate of drug-likeness (QED) is 0.610. The second-order valence-corrected chi connectivity index (χ2v) is 8.60. The van der Waals surface area contributed by atoms with Crippen LogP contribution in [0.4, 0.5) is 10.1 Å². The van der Waals surface area contributed by atoms with Crippen LogP contribution in [0.2, 0.25) is 0 Å². The van der Waals surface area contributed by atoms with Crippen LogP contribution in [-0.2, 0) is 21.4 Å². The minimum Gasteiger partial charge on any atom is -0.493 e. The van der Waals surface area contributed by atoms with Gasteiger partial charge in [-0.2, -0.15) is 12.7 Å². The van der Waals surface area contributed by atoms with Gasteiger partial charge in [-0.25, -0.2) is 8.70 Å². The molecule has 0 atom stereocenters. The summed E-state index contributed by atoms with van der Waals surface area (Å²) in [4.78, 5) is 12.4. The number of hydrogen-bond acceptors (Lipinski definition) is 5. The first-order valence-corrected chi connectivity index (χ1v) is 10.5. The van der Waals surface area contributed by atoms with Gasteiger partial charge >= 0.3 is 10.2 Å². The predicted molar refractivity (Wildman–Crippen MR) is 113 cm³/mol. The summed E-state index contributed by atoms with van der Waals surface area (Å²) in [5.41, 5.74) is 0.709. The smallest absolute Gasteiger partial charge is 0.304 e. The van der Waals surface area contributed by atoms with Crippen molar-refractivity contribution in [2.75, 3.05) is 45.7 Å². The van der Waals surface area contributed by atoms with Crippen LogP contribution in [0.1, 0.15) is 5.56 Å². The minimum atomic E-state index is -4.07. The van der Waals surface area contributed by atoms with E-state index in [0.29, 0.717) is 17.9 Å². The third kappa shape index (κ3) is 5.61. The van der Waals surface area contributed by atoms with E-state index in [0.717, 1.165) is 20.2 Å². The number of anilines is 1. The number of para-hydroxylation sites is 1. The van der Waals surface area contributed by atoms with Crippen molar-refractivity contribution in [3.63, 3.8) is 0 Å². The van der Waals surface area contributed by atoms with Gasteiger partial charge < -0.3 is 14.8 Å². The normalized spacial score (nSPS) is 11.3. The molecule has 0 saturated heterocycles. The van der Waals surface area contributed by atoms with Crippen molar-refractivity contribution in [1.29, 1.82) is 0 Å². The topological polar surface area (TPSA) is 88.2 Å². The van der Waals surface area contributed by atoms with Gasteiger partial charge in [-0.1, -0.05) is 18.2 Å². The number of carbonyl (C=O) groups is 1. The first-order valence-electron chi connectivity index (χ1n) is 9.13. The van der Waals surface area contributed by atoms with E-state index in [1.165, 1.54) is 39.4 Å². The van der Waals surface area contributed by atoms with E-state index in [9.17, 15) is 17.6 Å². The number of nitrogens with one attached hydrogen (secondary N) is 1. The van der Waals surface area contributed by atoms with Crippen molar-refractivity contribution >= 4 is 21.8 Å². The number of benzene rings is 2. The van der Waals surface area contributed by atoms with E-state index in [2.05, 4.69) is 5.32 Å². The van der Waals surface area contributed by atoms with Gasteiger partial charge in [-0.05, 0) is 36.2 Å². The van der Waals surface area contributed by atoms with E-state index in [4.69, 9.17) is 9.47 Å². The molecule has 2 rings (SSSR count). The summed E-state index contributed by atoms with van der Waals surface area (Å²) in [6, 6.07) is 10.8. The van der Waals surface area contributed by atoms with Crippen LogP contribution in [-0.4, -0.2) is 60.0 Å². The molecule has 0 saturated carbocycles. The molecule has 0 radical (unpaired) electrons. The number of rotatable bonds is 10. The van der Waals surface area contributed by atoms with Crippen LogP contribution < -0.4 is 19.1 Å². The van der Waals surface area contributed by atoms with Gasteiger partial charge in [0.15, 0.2) is 11.5 Å². The molecule has 0 spiro atoms. The lowest BCUT2D eigenvalue weighted by atomic mass is 10.1. The fraction of sp³-hybridized carbons (Fsp3) is 0.350. The SMILES string of the molecule is COc1ccc(CCNC(=O)CN(c2ccccc2F)S(=O)(=O)N(C)C)cc1OC. The molecule has 0 aliphatic rings. The third-order valence-corrected chi connectivity index (χ3v) is 6.14. The Morgan fingerprint density at radius 2 is 1.73 bits per heavy atom. The van der Waals surface area contributed by atoms with E-state index in [1.807, 2.05) is 6.07 Å². The highest BCUT2D eigenvalue weighted by Crippen LogP contribution is 2.27. The van der Waals surface area contributed by atoms with Crippen LogP contribution in [0.3, 0.4) is 0 Å². The number of carbonyl (C=O) groups excluding carboxylic acids is 1. The van der Waals surface area contributed by atoms with Crippen molar-refractivity contribution in [3.05, 3.63) is 53.8 Å². The van der Waals surface area contributed by atoms with Crippen LogP contribution in [0.25, 0.3) is 0 Å². The van der Waals surface area contributed by atoms with Gasteiger partial charge in [0.1, 0.15) is 12.4 Å². The second-order valence-electron chi connectivity index (χ2n) is 6.54.